The minimum absolute atomic E-state index is 0. The van der Waals surface area contributed by atoms with E-state index in [2.05, 4.69) is 10.3 Å². The van der Waals surface area contributed by atoms with Crippen LogP contribution in [0.15, 0.2) is 29.6 Å². The molecule has 1 amide bonds. The highest BCUT2D eigenvalue weighted by Gasteiger charge is 2.03. The SMILES string of the molecule is Cl.O=C(O)Nc1ccc(-c2nc(Cl)cs2)cc1. The number of thiazole rings is 1. The lowest BCUT2D eigenvalue weighted by Crippen LogP contribution is -2.06. The van der Waals surface area contributed by atoms with Crippen molar-refractivity contribution in [2.75, 3.05) is 5.32 Å². The first kappa shape index (κ1) is 13.8. The molecule has 2 N–H and O–H groups in total. The van der Waals surface area contributed by atoms with Crippen LogP contribution in [0.25, 0.3) is 10.6 Å². The topological polar surface area (TPSA) is 62.2 Å². The van der Waals surface area contributed by atoms with Crippen molar-refractivity contribution in [2.45, 2.75) is 0 Å². The van der Waals surface area contributed by atoms with E-state index < -0.39 is 6.09 Å². The van der Waals surface area contributed by atoms with Crippen LogP contribution in [-0.4, -0.2) is 16.2 Å². The van der Waals surface area contributed by atoms with E-state index in [-0.39, 0.29) is 12.4 Å². The van der Waals surface area contributed by atoms with Crippen LogP contribution in [0, 0.1) is 0 Å². The maximum Gasteiger partial charge on any atom is 0.409 e. The van der Waals surface area contributed by atoms with E-state index in [4.69, 9.17) is 16.7 Å². The molecule has 2 rings (SSSR count). The largest absolute Gasteiger partial charge is 0.465 e. The molecule has 0 aliphatic heterocycles. The highest BCUT2D eigenvalue weighted by atomic mass is 35.5. The molecule has 0 unspecified atom stereocenters. The molecule has 0 atom stereocenters. The molecule has 0 fully saturated rings. The smallest absolute Gasteiger partial charge is 0.409 e. The Morgan fingerprint density at radius 1 is 1.35 bits per heavy atom. The lowest BCUT2D eigenvalue weighted by molar-refractivity contribution is 0.210. The third kappa shape index (κ3) is 3.59. The summed E-state index contributed by atoms with van der Waals surface area (Å²) in [7, 11) is 0. The fourth-order valence-corrected chi connectivity index (χ4v) is 2.16. The summed E-state index contributed by atoms with van der Waals surface area (Å²) >= 11 is 7.16. The van der Waals surface area contributed by atoms with Crippen molar-refractivity contribution in [3.63, 3.8) is 0 Å². The molecule has 0 radical (unpaired) electrons. The van der Waals surface area contributed by atoms with Crippen LogP contribution in [0.3, 0.4) is 0 Å². The fourth-order valence-electron chi connectivity index (χ4n) is 1.21. The Labute approximate surface area is 113 Å². The summed E-state index contributed by atoms with van der Waals surface area (Å²) in [6.07, 6.45) is -1.08. The summed E-state index contributed by atoms with van der Waals surface area (Å²) in [5.74, 6) is 0. The van der Waals surface area contributed by atoms with Crippen molar-refractivity contribution >= 4 is 47.1 Å². The number of hydrogen-bond donors (Lipinski definition) is 2. The van der Waals surface area contributed by atoms with E-state index in [0.717, 1.165) is 10.6 Å². The summed E-state index contributed by atoms with van der Waals surface area (Å²) < 4.78 is 0. The van der Waals surface area contributed by atoms with Crippen LogP contribution in [0.5, 0.6) is 0 Å². The van der Waals surface area contributed by atoms with Crippen molar-refractivity contribution in [1.29, 1.82) is 0 Å². The zero-order chi connectivity index (χ0) is 11.5. The zero-order valence-electron chi connectivity index (χ0n) is 8.38. The highest BCUT2D eigenvalue weighted by Crippen LogP contribution is 2.26. The van der Waals surface area contributed by atoms with Crippen molar-refractivity contribution in [3.8, 4) is 10.6 Å². The lowest BCUT2D eigenvalue weighted by atomic mass is 10.2. The summed E-state index contributed by atoms with van der Waals surface area (Å²) in [5, 5.41) is 13.8. The van der Waals surface area contributed by atoms with Crippen molar-refractivity contribution in [1.82, 2.24) is 4.98 Å². The van der Waals surface area contributed by atoms with E-state index in [1.165, 1.54) is 11.3 Å². The van der Waals surface area contributed by atoms with Gasteiger partial charge in [0.1, 0.15) is 10.2 Å². The van der Waals surface area contributed by atoms with Gasteiger partial charge in [-0.1, -0.05) is 11.6 Å². The molecule has 7 heteroatoms. The van der Waals surface area contributed by atoms with Crippen LogP contribution in [-0.2, 0) is 0 Å². The number of anilines is 1. The van der Waals surface area contributed by atoms with Gasteiger partial charge in [-0.25, -0.2) is 9.78 Å². The Hall–Kier alpha value is -1.30. The standard InChI is InChI=1S/C10H7ClN2O2S.ClH/c11-8-5-16-9(13-8)6-1-3-7(4-2-6)12-10(14)15;/h1-5,12H,(H,14,15);1H. The molecule has 90 valence electrons. The molecular formula is C10H8Cl2N2O2S. The Morgan fingerprint density at radius 2 is 2.00 bits per heavy atom. The number of rotatable bonds is 2. The average molecular weight is 291 g/mol. The number of benzene rings is 1. The van der Waals surface area contributed by atoms with Crippen molar-refractivity contribution in [3.05, 3.63) is 34.8 Å². The molecular weight excluding hydrogens is 283 g/mol. The van der Waals surface area contributed by atoms with Gasteiger partial charge in [-0.3, -0.25) is 5.32 Å². The van der Waals surface area contributed by atoms with E-state index in [1.807, 2.05) is 0 Å². The Morgan fingerprint density at radius 3 is 2.47 bits per heavy atom. The number of hydrogen-bond acceptors (Lipinski definition) is 3. The van der Waals surface area contributed by atoms with Crippen molar-refractivity contribution in [2.24, 2.45) is 0 Å². The number of nitrogens with zero attached hydrogens (tertiary/aromatic N) is 1. The second kappa shape index (κ2) is 5.86. The lowest BCUT2D eigenvalue weighted by Gasteiger charge is -2.01. The maximum absolute atomic E-state index is 10.4. The molecule has 0 saturated carbocycles. The first-order valence-corrected chi connectivity index (χ1v) is 5.62. The minimum Gasteiger partial charge on any atom is -0.465 e. The minimum atomic E-state index is -1.08. The molecule has 1 aromatic carbocycles. The second-order valence-corrected chi connectivity index (χ2v) is 4.23. The first-order chi connectivity index (χ1) is 7.65. The molecule has 0 spiro atoms. The van der Waals surface area contributed by atoms with Gasteiger partial charge in [-0.15, -0.1) is 23.7 Å². The van der Waals surface area contributed by atoms with Gasteiger partial charge in [0.15, 0.2) is 0 Å². The number of aromatic nitrogens is 1. The summed E-state index contributed by atoms with van der Waals surface area (Å²) in [4.78, 5) is 14.5. The number of carboxylic acid groups (broad SMARTS) is 1. The van der Waals surface area contributed by atoms with E-state index in [1.54, 1.807) is 29.6 Å². The number of halogens is 2. The molecule has 2 aromatic rings. The van der Waals surface area contributed by atoms with Crippen LogP contribution in [0.1, 0.15) is 0 Å². The van der Waals surface area contributed by atoms with Gasteiger partial charge >= 0.3 is 6.09 Å². The van der Waals surface area contributed by atoms with Gasteiger partial charge < -0.3 is 5.11 Å². The predicted molar refractivity (Wildman–Crippen MR) is 71.5 cm³/mol. The highest BCUT2D eigenvalue weighted by molar-refractivity contribution is 7.13. The quantitative estimate of drug-likeness (QED) is 0.879. The number of amides is 1. The molecule has 0 saturated heterocycles. The molecule has 1 aromatic heterocycles. The van der Waals surface area contributed by atoms with Gasteiger partial charge in [0, 0.05) is 16.6 Å². The van der Waals surface area contributed by atoms with Crippen LogP contribution < -0.4 is 5.32 Å². The van der Waals surface area contributed by atoms with Gasteiger partial charge in [0.05, 0.1) is 0 Å². The van der Waals surface area contributed by atoms with Crippen LogP contribution in [0.2, 0.25) is 5.15 Å². The van der Waals surface area contributed by atoms with Gasteiger partial charge in [-0.05, 0) is 24.3 Å². The number of carbonyl (C=O) groups is 1. The summed E-state index contributed by atoms with van der Waals surface area (Å²) in [6, 6.07) is 6.94. The molecule has 1 heterocycles. The Kier molecular flexibility index (Phi) is 4.74. The Bertz CT molecular complexity index is 513. The van der Waals surface area contributed by atoms with Crippen LogP contribution >= 0.6 is 35.3 Å². The molecule has 17 heavy (non-hydrogen) atoms. The molecule has 0 bridgehead atoms. The fraction of sp³-hybridized carbons (Fsp3) is 0. The number of nitrogens with one attached hydrogen (secondary N) is 1. The van der Waals surface area contributed by atoms with E-state index in [9.17, 15) is 4.79 Å². The second-order valence-electron chi connectivity index (χ2n) is 2.98. The summed E-state index contributed by atoms with van der Waals surface area (Å²) in [5.41, 5.74) is 1.44. The van der Waals surface area contributed by atoms with Crippen LogP contribution in [0.4, 0.5) is 10.5 Å². The zero-order valence-corrected chi connectivity index (χ0v) is 10.8. The van der Waals surface area contributed by atoms with Gasteiger partial charge in [-0.2, -0.15) is 0 Å². The monoisotopic (exact) mass is 290 g/mol. The first-order valence-electron chi connectivity index (χ1n) is 4.36. The summed E-state index contributed by atoms with van der Waals surface area (Å²) in [6.45, 7) is 0. The average Bonchev–Trinajstić information content (AvgIpc) is 2.65. The molecule has 0 aliphatic carbocycles. The van der Waals surface area contributed by atoms with E-state index >= 15 is 0 Å². The molecule has 4 nitrogen and oxygen atoms in total. The van der Waals surface area contributed by atoms with Gasteiger partial charge in [0.2, 0.25) is 0 Å². The van der Waals surface area contributed by atoms with Crippen molar-refractivity contribution < 1.29 is 9.90 Å². The normalized spacial score (nSPS) is 9.47. The molecule has 0 aliphatic rings. The maximum atomic E-state index is 10.4. The Balaban J connectivity index is 0.00000144. The third-order valence-corrected chi connectivity index (χ3v) is 3.07. The third-order valence-electron chi connectivity index (χ3n) is 1.86. The van der Waals surface area contributed by atoms with E-state index in [0.29, 0.717) is 10.8 Å². The van der Waals surface area contributed by atoms with Gasteiger partial charge in [0.25, 0.3) is 0 Å². The predicted octanol–water partition coefficient (Wildman–Crippen LogP) is 3.98.